The number of rotatable bonds is 7. The molecule has 7 nitrogen and oxygen atoms in total. The summed E-state index contributed by atoms with van der Waals surface area (Å²) in [5, 5.41) is 19.9. The van der Waals surface area contributed by atoms with Crippen LogP contribution in [0.5, 0.6) is 0 Å². The molecule has 0 saturated heterocycles. The summed E-state index contributed by atoms with van der Waals surface area (Å²) in [7, 11) is 0. The number of hydrogen-bond donors (Lipinski definition) is 2. The molecule has 0 atom stereocenters. The Hall–Kier alpha value is -1.80. The Balaban J connectivity index is 1.80. The average Bonchev–Trinajstić information content (AvgIpc) is 3.06. The number of carbonyl (C=O) groups excluding carboxylic acids is 1. The molecule has 8 heteroatoms. The molecule has 2 rings (SSSR count). The van der Waals surface area contributed by atoms with Gasteiger partial charge in [-0.25, -0.2) is 4.98 Å². The van der Waals surface area contributed by atoms with Crippen LogP contribution in [0.1, 0.15) is 42.8 Å². The van der Waals surface area contributed by atoms with Gasteiger partial charge in [0.1, 0.15) is 0 Å². The van der Waals surface area contributed by atoms with Gasteiger partial charge in [-0.3, -0.25) is 4.79 Å². The number of thiazole rings is 1. The van der Waals surface area contributed by atoms with Crippen molar-refractivity contribution in [3.63, 3.8) is 0 Å². The molecule has 0 saturated carbocycles. The second-order valence-corrected chi connectivity index (χ2v) is 5.96. The SMILES string of the molecule is CC(C)c1nnc(CCC(=O)Nc2ncc(CCO)s2)o1. The first-order chi connectivity index (χ1) is 10.1. The summed E-state index contributed by atoms with van der Waals surface area (Å²) in [5.74, 6) is 1.08. The monoisotopic (exact) mass is 310 g/mol. The van der Waals surface area contributed by atoms with E-state index in [9.17, 15) is 4.79 Å². The molecule has 2 N–H and O–H groups in total. The van der Waals surface area contributed by atoms with Gasteiger partial charge in [-0.1, -0.05) is 13.8 Å². The maximum absolute atomic E-state index is 11.8. The Kier molecular flexibility index (Phi) is 5.40. The zero-order chi connectivity index (χ0) is 15.2. The van der Waals surface area contributed by atoms with E-state index in [1.807, 2.05) is 13.8 Å². The number of aliphatic hydroxyl groups is 1. The zero-order valence-electron chi connectivity index (χ0n) is 12.0. The highest BCUT2D eigenvalue weighted by atomic mass is 32.1. The van der Waals surface area contributed by atoms with Crippen molar-refractivity contribution in [2.45, 2.75) is 39.0 Å². The van der Waals surface area contributed by atoms with Gasteiger partial charge >= 0.3 is 0 Å². The Morgan fingerprint density at radius 1 is 1.43 bits per heavy atom. The van der Waals surface area contributed by atoms with E-state index in [0.717, 1.165) is 4.88 Å². The molecule has 0 unspecified atom stereocenters. The Morgan fingerprint density at radius 2 is 2.24 bits per heavy atom. The second-order valence-electron chi connectivity index (χ2n) is 4.84. The first-order valence-electron chi connectivity index (χ1n) is 6.76. The highest BCUT2D eigenvalue weighted by Gasteiger charge is 2.12. The van der Waals surface area contributed by atoms with E-state index in [1.54, 1.807) is 6.20 Å². The Labute approximate surface area is 126 Å². The van der Waals surface area contributed by atoms with E-state index in [4.69, 9.17) is 9.52 Å². The lowest BCUT2D eigenvalue weighted by molar-refractivity contribution is -0.116. The summed E-state index contributed by atoms with van der Waals surface area (Å²) in [6, 6.07) is 0. The first kappa shape index (κ1) is 15.6. The molecule has 2 aromatic rings. The summed E-state index contributed by atoms with van der Waals surface area (Å²) >= 11 is 1.36. The third-order valence-corrected chi connectivity index (χ3v) is 3.67. The summed E-state index contributed by atoms with van der Waals surface area (Å²) < 4.78 is 5.44. The van der Waals surface area contributed by atoms with Crippen molar-refractivity contribution in [1.29, 1.82) is 0 Å². The molecule has 114 valence electrons. The van der Waals surface area contributed by atoms with Crippen LogP contribution in [-0.2, 0) is 17.6 Å². The zero-order valence-corrected chi connectivity index (χ0v) is 12.8. The normalized spacial score (nSPS) is 11.0. The third kappa shape index (κ3) is 4.61. The fourth-order valence-corrected chi connectivity index (χ4v) is 2.41. The van der Waals surface area contributed by atoms with Crippen LogP contribution in [0.3, 0.4) is 0 Å². The second kappa shape index (κ2) is 7.28. The number of carbonyl (C=O) groups is 1. The van der Waals surface area contributed by atoms with Gasteiger partial charge in [-0.2, -0.15) is 0 Å². The quantitative estimate of drug-likeness (QED) is 0.808. The minimum absolute atomic E-state index is 0.0743. The summed E-state index contributed by atoms with van der Waals surface area (Å²) in [4.78, 5) is 16.8. The largest absolute Gasteiger partial charge is 0.425 e. The lowest BCUT2D eigenvalue weighted by Crippen LogP contribution is -2.12. The predicted molar refractivity (Wildman–Crippen MR) is 78.2 cm³/mol. The molecule has 0 fully saturated rings. The molecule has 2 aromatic heterocycles. The number of anilines is 1. The molecule has 0 aliphatic carbocycles. The summed E-state index contributed by atoms with van der Waals surface area (Å²) in [5.41, 5.74) is 0. The van der Waals surface area contributed by atoms with E-state index in [2.05, 4.69) is 20.5 Å². The van der Waals surface area contributed by atoms with Gasteiger partial charge in [0.25, 0.3) is 0 Å². The molecule has 0 spiro atoms. The third-order valence-electron chi connectivity index (χ3n) is 2.70. The van der Waals surface area contributed by atoms with Crippen LogP contribution in [0.4, 0.5) is 5.13 Å². The maximum Gasteiger partial charge on any atom is 0.226 e. The summed E-state index contributed by atoms with van der Waals surface area (Å²) in [6.45, 7) is 4.01. The predicted octanol–water partition coefficient (Wildman–Crippen LogP) is 1.76. The lowest BCUT2D eigenvalue weighted by Gasteiger charge is -1.99. The van der Waals surface area contributed by atoms with Gasteiger partial charge in [0, 0.05) is 42.9 Å². The number of amides is 1. The van der Waals surface area contributed by atoms with Crippen LogP contribution in [0.25, 0.3) is 0 Å². The first-order valence-corrected chi connectivity index (χ1v) is 7.58. The van der Waals surface area contributed by atoms with E-state index in [-0.39, 0.29) is 24.9 Å². The molecular formula is C13H18N4O3S. The van der Waals surface area contributed by atoms with E-state index < -0.39 is 0 Å². The van der Waals surface area contributed by atoms with E-state index in [0.29, 0.717) is 29.8 Å². The van der Waals surface area contributed by atoms with Crippen LogP contribution in [-0.4, -0.2) is 32.8 Å². The summed E-state index contributed by atoms with van der Waals surface area (Å²) in [6.07, 6.45) is 2.87. The molecule has 0 aliphatic rings. The number of aryl methyl sites for hydroxylation is 1. The van der Waals surface area contributed by atoms with Gasteiger partial charge in [0.15, 0.2) is 5.13 Å². The average molecular weight is 310 g/mol. The fourth-order valence-electron chi connectivity index (χ4n) is 1.59. The Bertz CT molecular complexity index is 594. The van der Waals surface area contributed by atoms with Gasteiger partial charge in [0.05, 0.1) is 0 Å². The maximum atomic E-state index is 11.8. The molecule has 21 heavy (non-hydrogen) atoms. The topological polar surface area (TPSA) is 101 Å². The van der Waals surface area contributed by atoms with Crippen LogP contribution >= 0.6 is 11.3 Å². The van der Waals surface area contributed by atoms with Crippen molar-refractivity contribution in [3.05, 3.63) is 22.9 Å². The van der Waals surface area contributed by atoms with Gasteiger partial charge in [-0.05, 0) is 0 Å². The van der Waals surface area contributed by atoms with Gasteiger partial charge < -0.3 is 14.8 Å². The van der Waals surface area contributed by atoms with E-state index in [1.165, 1.54) is 11.3 Å². The van der Waals surface area contributed by atoms with Crippen molar-refractivity contribution in [2.24, 2.45) is 0 Å². The van der Waals surface area contributed by atoms with E-state index >= 15 is 0 Å². The van der Waals surface area contributed by atoms with Crippen LogP contribution in [0, 0.1) is 0 Å². The number of nitrogens with one attached hydrogen (secondary N) is 1. The molecule has 0 bridgehead atoms. The van der Waals surface area contributed by atoms with Crippen LogP contribution < -0.4 is 5.32 Å². The molecule has 0 radical (unpaired) electrons. The number of hydrogen-bond acceptors (Lipinski definition) is 7. The molecular weight excluding hydrogens is 292 g/mol. The molecule has 2 heterocycles. The fraction of sp³-hybridized carbons (Fsp3) is 0.538. The van der Waals surface area contributed by atoms with Crippen molar-refractivity contribution in [1.82, 2.24) is 15.2 Å². The van der Waals surface area contributed by atoms with Crippen molar-refractivity contribution >= 4 is 22.4 Å². The Morgan fingerprint density at radius 3 is 2.90 bits per heavy atom. The van der Waals surface area contributed by atoms with Crippen molar-refractivity contribution in [3.8, 4) is 0 Å². The smallest absolute Gasteiger partial charge is 0.226 e. The van der Waals surface area contributed by atoms with Crippen molar-refractivity contribution < 1.29 is 14.3 Å². The minimum atomic E-state index is -0.149. The highest BCUT2D eigenvalue weighted by molar-refractivity contribution is 7.15. The minimum Gasteiger partial charge on any atom is -0.425 e. The number of aliphatic hydroxyl groups excluding tert-OH is 1. The number of aromatic nitrogens is 3. The lowest BCUT2D eigenvalue weighted by atomic mass is 10.2. The van der Waals surface area contributed by atoms with Crippen molar-refractivity contribution in [2.75, 3.05) is 11.9 Å². The van der Waals surface area contributed by atoms with Gasteiger partial charge in [0.2, 0.25) is 17.7 Å². The molecule has 1 amide bonds. The highest BCUT2D eigenvalue weighted by Crippen LogP contribution is 2.19. The number of nitrogens with zero attached hydrogens (tertiary/aromatic N) is 3. The molecule has 0 aliphatic heterocycles. The molecule has 0 aromatic carbocycles. The standard InChI is InChI=1S/C13H18N4O3S/c1-8(2)12-17-16-11(20-12)4-3-10(19)15-13-14-7-9(21-13)5-6-18/h7-8,18H,3-6H2,1-2H3,(H,14,15,19). The van der Waals surface area contributed by atoms with Gasteiger partial charge in [-0.15, -0.1) is 21.5 Å². The van der Waals surface area contributed by atoms with Crippen LogP contribution in [0.2, 0.25) is 0 Å². The van der Waals surface area contributed by atoms with Crippen LogP contribution in [0.15, 0.2) is 10.6 Å².